The number of hydrogen-bond donors (Lipinski definition) is 1. The first-order chi connectivity index (χ1) is 10.2. The Morgan fingerprint density at radius 3 is 2.57 bits per heavy atom. The summed E-state index contributed by atoms with van der Waals surface area (Å²) in [4.78, 5) is 7.10. The van der Waals surface area contributed by atoms with E-state index in [2.05, 4.69) is 28.9 Å². The highest BCUT2D eigenvalue weighted by Crippen LogP contribution is 2.47. The molecule has 2 aromatic rings. The minimum absolute atomic E-state index is 0.659. The van der Waals surface area contributed by atoms with Crippen molar-refractivity contribution in [3.8, 4) is 0 Å². The molecule has 0 atom stereocenters. The van der Waals surface area contributed by atoms with E-state index in [4.69, 9.17) is 5.73 Å². The van der Waals surface area contributed by atoms with Crippen LogP contribution in [0.15, 0.2) is 12.1 Å². The Bertz CT molecular complexity index is 660. The van der Waals surface area contributed by atoms with E-state index in [1.54, 1.807) is 11.3 Å². The lowest BCUT2D eigenvalue weighted by molar-refractivity contribution is 0.226. The Balaban J connectivity index is 1.60. The fraction of sp³-hybridized carbons (Fsp3) is 0.588. The summed E-state index contributed by atoms with van der Waals surface area (Å²) < 4.78 is 1.21. The van der Waals surface area contributed by atoms with E-state index in [0.717, 1.165) is 29.3 Å². The monoisotopic (exact) mass is 301 g/mol. The largest absolute Gasteiger partial charge is 0.397 e. The zero-order valence-electron chi connectivity index (χ0n) is 12.7. The summed E-state index contributed by atoms with van der Waals surface area (Å²) in [7, 11) is 0. The van der Waals surface area contributed by atoms with Gasteiger partial charge in [-0.3, -0.25) is 0 Å². The highest BCUT2D eigenvalue weighted by atomic mass is 32.1. The molecule has 0 unspecified atom stereocenters. The second-order valence-electron chi connectivity index (χ2n) is 6.81. The van der Waals surface area contributed by atoms with Crippen molar-refractivity contribution in [3.63, 3.8) is 0 Å². The summed E-state index contributed by atoms with van der Waals surface area (Å²) in [6.07, 6.45) is 8.43. The van der Waals surface area contributed by atoms with E-state index >= 15 is 0 Å². The molecule has 2 heterocycles. The number of nitrogens with two attached hydrogens (primary N) is 1. The molecule has 2 fully saturated rings. The molecule has 4 rings (SSSR count). The lowest BCUT2D eigenvalue weighted by Gasteiger charge is -2.40. The molecule has 21 heavy (non-hydrogen) atoms. The summed E-state index contributed by atoms with van der Waals surface area (Å²) in [6.45, 7) is 4.36. The molecule has 1 spiro atoms. The van der Waals surface area contributed by atoms with Crippen LogP contribution in [0.25, 0.3) is 10.2 Å². The van der Waals surface area contributed by atoms with Gasteiger partial charge in [-0.25, -0.2) is 4.98 Å². The molecule has 0 amide bonds. The smallest absolute Gasteiger partial charge is 0.0907 e. The van der Waals surface area contributed by atoms with Crippen LogP contribution in [0.5, 0.6) is 0 Å². The zero-order chi connectivity index (χ0) is 14.4. The van der Waals surface area contributed by atoms with Crippen molar-refractivity contribution in [2.24, 2.45) is 5.41 Å². The lowest BCUT2D eigenvalue weighted by atomic mass is 9.77. The van der Waals surface area contributed by atoms with E-state index in [-0.39, 0.29) is 0 Å². The van der Waals surface area contributed by atoms with Crippen LogP contribution in [0, 0.1) is 12.3 Å². The lowest BCUT2D eigenvalue weighted by Crippen LogP contribution is -2.39. The first-order valence-electron chi connectivity index (χ1n) is 8.07. The summed E-state index contributed by atoms with van der Waals surface area (Å²) in [6, 6.07) is 4.30. The number of hydrogen-bond acceptors (Lipinski definition) is 4. The van der Waals surface area contributed by atoms with Crippen molar-refractivity contribution in [1.29, 1.82) is 0 Å². The van der Waals surface area contributed by atoms with Gasteiger partial charge in [-0.05, 0) is 50.2 Å². The quantitative estimate of drug-likeness (QED) is 0.796. The Hall–Kier alpha value is -1.29. The summed E-state index contributed by atoms with van der Waals surface area (Å²) >= 11 is 1.73. The van der Waals surface area contributed by atoms with Gasteiger partial charge in [0, 0.05) is 13.1 Å². The number of fused-ring (bicyclic) bond motifs is 1. The van der Waals surface area contributed by atoms with Crippen LogP contribution >= 0.6 is 11.3 Å². The second-order valence-corrected chi connectivity index (χ2v) is 8.04. The Kier molecular flexibility index (Phi) is 3.10. The third kappa shape index (κ3) is 2.30. The fourth-order valence-corrected chi connectivity index (χ4v) is 5.07. The van der Waals surface area contributed by atoms with E-state index < -0.39 is 0 Å². The number of rotatable bonds is 1. The third-order valence-electron chi connectivity index (χ3n) is 5.47. The molecule has 2 N–H and O–H groups in total. The Labute approximate surface area is 130 Å². The number of anilines is 2. The van der Waals surface area contributed by atoms with E-state index in [1.807, 2.05) is 0 Å². The van der Waals surface area contributed by atoms with E-state index in [1.165, 1.54) is 48.9 Å². The Morgan fingerprint density at radius 2 is 1.86 bits per heavy atom. The number of nitrogen functional groups attached to an aromatic ring is 1. The molecule has 1 aromatic carbocycles. The maximum atomic E-state index is 6.31. The summed E-state index contributed by atoms with van der Waals surface area (Å²) in [5.74, 6) is 0. The maximum absolute atomic E-state index is 6.31. The molecule has 112 valence electrons. The van der Waals surface area contributed by atoms with Crippen molar-refractivity contribution in [2.45, 2.75) is 45.4 Å². The number of benzene rings is 1. The third-order valence-corrected chi connectivity index (χ3v) is 6.41. The van der Waals surface area contributed by atoms with Crippen LogP contribution in [-0.4, -0.2) is 18.1 Å². The normalized spacial score (nSPS) is 21.5. The first kappa shape index (κ1) is 13.4. The summed E-state index contributed by atoms with van der Waals surface area (Å²) in [5, 5.41) is 1.12. The molecular formula is C17H23N3S. The highest BCUT2D eigenvalue weighted by Gasteiger charge is 2.37. The maximum Gasteiger partial charge on any atom is 0.0907 e. The van der Waals surface area contributed by atoms with E-state index in [9.17, 15) is 0 Å². The molecule has 4 heteroatoms. The minimum Gasteiger partial charge on any atom is -0.397 e. The van der Waals surface area contributed by atoms with Gasteiger partial charge in [0.1, 0.15) is 0 Å². The SMILES string of the molecule is Cc1nc2cc(N3CCC4(CCCC4)CC3)c(N)cc2s1. The van der Waals surface area contributed by atoms with Crippen molar-refractivity contribution < 1.29 is 0 Å². The fourth-order valence-electron chi connectivity index (χ4n) is 4.21. The molecule has 3 nitrogen and oxygen atoms in total. The van der Waals surface area contributed by atoms with Crippen LogP contribution in [0.3, 0.4) is 0 Å². The topological polar surface area (TPSA) is 42.2 Å². The average Bonchev–Trinajstić information content (AvgIpc) is 3.05. The predicted molar refractivity (Wildman–Crippen MR) is 91.1 cm³/mol. The van der Waals surface area contributed by atoms with Gasteiger partial charge in [0.2, 0.25) is 0 Å². The predicted octanol–water partition coefficient (Wildman–Crippen LogP) is 4.35. The first-order valence-corrected chi connectivity index (χ1v) is 8.89. The second kappa shape index (κ2) is 4.87. The van der Waals surface area contributed by atoms with E-state index in [0.29, 0.717) is 5.41 Å². The van der Waals surface area contributed by atoms with Gasteiger partial charge in [-0.2, -0.15) is 0 Å². The van der Waals surface area contributed by atoms with Gasteiger partial charge < -0.3 is 10.6 Å². The number of aryl methyl sites for hydroxylation is 1. The van der Waals surface area contributed by atoms with Crippen LogP contribution in [0.2, 0.25) is 0 Å². The van der Waals surface area contributed by atoms with Gasteiger partial charge in [0.05, 0.1) is 26.6 Å². The number of nitrogens with zero attached hydrogens (tertiary/aromatic N) is 2. The van der Waals surface area contributed by atoms with Crippen molar-refractivity contribution in [1.82, 2.24) is 4.98 Å². The Morgan fingerprint density at radius 1 is 1.14 bits per heavy atom. The molecule has 0 bridgehead atoms. The van der Waals surface area contributed by atoms with Gasteiger partial charge >= 0.3 is 0 Å². The van der Waals surface area contributed by atoms with Crippen LogP contribution < -0.4 is 10.6 Å². The van der Waals surface area contributed by atoms with Crippen LogP contribution in [0.1, 0.15) is 43.5 Å². The van der Waals surface area contributed by atoms with Gasteiger partial charge in [0.15, 0.2) is 0 Å². The van der Waals surface area contributed by atoms with Crippen molar-refractivity contribution >= 4 is 32.9 Å². The molecule has 0 radical (unpaired) electrons. The highest BCUT2D eigenvalue weighted by molar-refractivity contribution is 7.18. The van der Waals surface area contributed by atoms with Crippen LogP contribution in [0.4, 0.5) is 11.4 Å². The number of piperidine rings is 1. The minimum atomic E-state index is 0.659. The number of thiazole rings is 1. The summed E-state index contributed by atoms with van der Waals surface area (Å²) in [5.41, 5.74) is 10.2. The molecule has 1 saturated carbocycles. The van der Waals surface area contributed by atoms with Crippen molar-refractivity contribution in [3.05, 3.63) is 17.1 Å². The van der Waals surface area contributed by atoms with Gasteiger partial charge in [-0.1, -0.05) is 12.8 Å². The zero-order valence-corrected chi connectivity index (χ0v) is 13.5. The molecule has 1 saturated heterocycles. The van der Waals surface area contributed by atoms with Crippen LogP contribution in [-0.2, 0) is 0 Å². The van der Waals surface area contributed by atoms with Crippen molar-refractivity contribution in [2.75, 3.05) is 23.7 Å². The molecule has 1 aliphatic carbocycles. The molecular weight excluding hydrogens is 278 g/mol. The van der Waals surface area contributed by atoms with Gasteiger partial charge in [-0.15, -0.1) is 11.3 Å². The standard InChI is InChI=1S/C17H23N3S/c1-12-19-14-11-15(13(18)10-16(14)21-12)20-8-6-17(7-9-20)4-2-3-5-17/h10-11H,2-9,18H2,1H3. The average molecular weight is 301 g/mol. The molecule has 2 aliphatic rings. The number of aromatic nitrogens is 1. The van der Waals surface area contributed by atoms with Gasteiger partial charge in [0.25, 0.3) is 0 Å². The molecule has 1 aliphatic heterocycles. The molecule has 1 aromatic heterocycles.